The molecule has 0 bridgehead atoms. The van der Waals surface area contributed by atoms with Gasteiger partial charge in [0, 0.05) is 6.54 Å². The van der Waals surface area contributed by atoms with Crippen molar-refractivity contribution in [3.05, 3.63) is 48.6 Å². The van der Waals surface area contributed by atoms with Gasteiger partial charge in [0.05, 0.1) is 19.3 Å². The molecule has 1 atom stereocenters. The van der Waals surface area contributed by atoms with Crippen LogP contribution < -0.4 is 11.1 Å². The lowest BCUT2D eigenvalue weighted by molar-refractivity contribution is -0.122. The number of rotatable bonds is 9. The summed E-state index contributed by atoms with van der Waals surface area (Å²) in [6.07, 6.45) is 3.17. The van der Waals surface area contributed by atoms with E-state index in [0.717, 1.165) is 12.0 Å². The summed E-state index contributed by atoms with van der Waals surface area (Å²) in [7, 11) is 0. The van der Waals surface area contributed by atoms with Crippen LogP contribution in [-0.4, -0.2) is 31.7 Å². The minimum absolute atomic E-state index is 0.142. The van der Waals surface area contributed by atoms with Crippen LogP contribution in [-0.2, 0) is 16.0 Å². The minimum Gasteiger partial charge on any atom is -0.379 e. The first kappa shape index (κ1) is 15.4. The van der Waals surface area contributed by atoms with Gasteiger partial charge in [-0.1, -0.05) is 36.4 Å². The van der Waals surface area contributed by atoms with Gasteiger partial charge in [-0.3, -0.25) is 4.79 Å². The quantitative estimate of drug-likeness (QED) is 0.520. The van der Waals surface area contributed by atoms with Crippen molar-refractivity contribution < 1.29 is 9.53 Å². The zero-order chi connectivity index (χ0) is 13.9. The standard InChI is InChI=1S/C15H22N2O2/c1-2-3-10-19-11-9-17-15(18)14(16)12-13-7-5-4-6-8-13/h2,4-8,14H,1,3,9-12,16H2,(H,17,18). The largest absolute Gasteiger partial charge is 0.379 e. The molecule has 1 rings (SSSR count). The van der Waals surface area contributed by atoms with Crippen LogP contribution in [0.15, 0.2) is 43.0 Å². The average molecular weight is 262 g/mol. The van der Waals surface area contributed by atoms with Gasteiger partial charge in [-0.25, -0.2) is 0 Å². The lowest BCUT2D eigenvalue weighted by Gasteiger charge is -2.12. The van der Waals surface area contributed by atoms with E-state index in [9.17, 15) is 4.79 Å². The van der Waals surface area contributed by atoms with Crippen molar-refractivity contribution in [3.63, 3.8) is 0 Å². The average Bonchev–Trinajstić information content (AvgIpc) is 2.43. The first-order valence-electron chi connectivity index (χ1n) is 6.50. The van der Waals surface area contributed by atoms with Crippen molar-refractivity contribution in [2.45, 2.75) is 18.9 Å². The third-order valence-electron chi connectivity index (χ3n) is 2.65. The second-order valence-corrected chi connectivity index (χ2v) is 4.28. The second kappa shape index (κ2) is 9.30. The van der Waals surface area contributed by atoms with E-state index in [-0.39, 0.29) is 5.91 Å². The molecule has 0 saturated heterocycles. The molecule has 4 nitrogen and oxygen atoms in total. The Labute approximate surface area is 114 Å². The van der Waals surface area contributed by atoms with Crippen LogP contribution in [0.5, 0.6) is 0 Å². The van der Waals surface area contributed by atoms with E-state index in [1.54, 1.807) is 6.08 Å². The zero-order valence-corrected chi connectivity index (χ0v) is 11.2. The fourth-order valence-electron chi connectivity index (χ4n) is 1.61. The van der Waals surface area contributed by atoms with Gasteiger partial charge in [-0.05, 0) is 18.4 Å². The topological polar surface area (TPSA) is 64.3 Å². The Bertz CT molecular complexity index is 379. The highest BCUT2D eigenvalue weighted by Gasteiger charge is 2.12. The predicted octanol–water partition coefficient (Wildman–Crippen LogP) is 1.27. The summed E-state index contributed by atoms with van der Waals surface area (Å²) < 4.78 is 5.30. The highest BCUT2D eigenvalue weighted by atomic mass is 16.5. The van der Waals surface area contributed by atoms with Gasteiger partial charge in [0.2, 0.25) is 5.91 Å². The summed E-state index contributed by atoms with van der Waals surface area (Å²) >= 11 is 0. The maximum Gasteiger partial charge on any atom is 0.237 e. The molecule has 0 aromatic heterocycles. The molecule has 1 aromatic carbocycles. The fourth-order valence-corrected chi connectivity index (χ4v) is 1.61. The van der Waals surface area contributed by atoms with E-state index < -0.39 is 6.04 Å². The third kappa shape index (κ3) is 6.74. The van der Waals surface area contributed by atoms with Crippen LogP contribution >= 0.6 is 0 Å². The number of carbonyl (C=O) groups excluding carboxylic acids is 1. The molecule has 0 fully saturated rings. The van der Waals surface area contributed by atoms with Gasteiger partial charge in [0.25, 0.3) is 0 Å². The second-order valence-electron chi connectivity index (χ2n) is 4.28. The molecule has 4 heteroatoms. The molecule has 0 radical (unpaired) electrons. The van der Waals surface area contributed by atoms with Crippen molar-refractivity contribution >= 4 is 5.91 Å². The molecular formula is C15H22N2O2. The Morgan fingerprint density at radius 3 is 2.79 bits per heavy atom. The van der Waals surface area contributed by atoms with Gasteiger partial charge in [-0.2, -0.15) is 0 Å². The minimum atomic E-state index is -0.518. The summed E-state index contributed by atoms with van der Waals surface area (Å²) in [5.74, 6) is -0.142. The Balaban J connectivity index is 2.16. The molecule has 0 heterocycles. The highest BCUT2D eigenvalue weighted by molar-refractivity contribution is 5.81. The van der Waals surface area contributed by atoms with Gasteiger partial charge < -0.3 is 15.8 Å². The number of nitrogens with two attached hydrogens (primary N) is 1. The van der Waals surface area contributed by atoms with E-state index in [0.29, 0.717) is 26.2 Å². The van der Waals surface area contributed by atoms with Crippen molar-refractivity contribution in [2.24, 2.45) is 5.73 Å². The lowest BCUT2D eigenvalue weighted by atomic mass is 10.1. The van der Waals surface area contributed by atoms with Crippen LogP contribution in [0.3, 0.4) is 0 Å². The molecule has 3 N–H and O–H groups in total. The molecule has 0 saturated carbocycles. The summed E-state index contributed by atoms with van der Waals surface area (Å²) in [5, 5.41) is 2.76. The van der Waals surface area contributed by atoms with Crippen molar-refractivity contribution in [3.8, 4) is 0 Å². The fraction of sp³-hybridized carbons (Fsp3) is 0.400. The molecule has 1 amide bonds. The Morgan fingerprint density at radius 1 is 1.37 bits per heavy atom. The van der Waals surface area contributed by atoms with E-state index in [2.05, 4.69) is 11.9 Å². The zero-order valence-electron chi connectivity index (χ0n) is 11.2. The van der Waals surface area contributed by atoms with Crippen LogP contribution in [0.25, 0.3) is 0 Å². The third-order valence-corrected chi connectivity index (χ3v) is 2.65. The maximum absolute atomic E-state index is 11.7. The monoisotopic (exact) mass is 262 g/mol. The number of benzene rings is 1. The summed E-state index contributed by atoms with van der Waals surface area (Å²) in [4.78, 5) is 11.7. The van der Waals surface area contributed by atoms with Crippen molar-refractivity contribution in [1.29, 1.82) is 0 Å². The first-order chi connectivity index (χ1) is 9.24. The molecule has 0 aliphatic heterocycles. The number of hydrogen-bond acceptors (Lipinski definition) is 3. The highest BCUT2D eigenvalue weighted by Crippen LogP contribution is 2.01. The number of ether oxygens (including phenoxy) is 1. The van der Waals surface area contributed by atoms with Gasteiger partial charge in [-0.15, -0.1) is 6.58 Å². The Hall–Kier alpha value is -1.65. The molecular weight excluding hydrogens is 240 g/mol. The van der Waals surface area contributed by atoms with Crippen LogP contribution in [0.1, 0.15) is 12.0 Å². The SMILES string of the molecule is C=CCCOCCNC(=O)C(N)Cc1ccccc1. The molecule has 19 heavy (non-hydrogen) atoms. The summed E-state index contributed by atoms with van der Waals surface area (Å²) in [6.45, 7) is 5.22. The van der Waals surface area contributed by atoms with E-state index in [1.807, 2.05) is 30.3 Å². The molecule has 0 aliphatic carbocycles. The number of carbonyl (C=O) groups is 1. The normalized spacial score (nSPS) is 11.8. The molecule has 0 spiro atoms. The van der Waals surface area contributed by atoms with Crippen LogP contribution in [0, 0.1) is 0 Å². The number of nitrogens with one attached hydrogen (secondary N) is 1. The Kier molecular flexibility index (Phi) is 7.54. The predicted molar refractivity (Wildman–Crippen MR) is 76.8 cm³/mol. The van der Waals surface area contributed by atoms with Gasteiger partial charge in [0.1, 0.15) is 0 Å². The Morgan fingerprint density at radius 2 is 2.11 bits per heavy atom. The number of amides is 1. The van der Waals surface area contributed by atoms with Crippen LogP contribution in [0.4, 0.5) is 0 Å². The number of hydrogen-bond donors (Lipinski definition) is 2. The van der Waals surface area contributed by atoms with E-state index in [1.165, 1.54) is 0 Å². The lowest BCUT2D eigenvalue weighted by Crippen LogP contribution is -2.43. The summed E-state index contributed by atoms with van der Waals surface area (Å²) in [6, 6.07) is 9.23. The van der Waals surface area contributed by atoms with Crippen molar-refractivity contribution in [1.82, 2.24) is 5.32 Å². The maximum atomic E-state index is 11.7. The van der Waals surface area contributed by atoms with Crippen LogP contribution in [0.2, 0.25) is 0 Å². The smallest absolute Gasteiger partial charge is 0.237 e. The van der Waals surface area contributed by atoms with Gasteiger partial charge >= 0.3 is 0 Å². The molecule has 1 unspecified atom stereocenters. The summed E-state index contributed by atoms with van der Waals surface area (Å²) in [5.41, 5.74) is 6.91. The molecule has 1 aromatic rings. The first-order valence-corrected chi connectivity index (χ1v) is 6.50. The van der Waals surface area contributed by atoms with Crippen molar-refractivity contribution in [2.75, 3.05) is 19.8 Å². The molecule has 104 valence electrons. The van der Waals surface area contributed by atoms with E-state index >= 15 is 0 Å². The van der Waals surface area contributed by atoms with Gasteiger partial charge in [0.15, 0.2) is 0 Å². The van der Waals surface area contributed by atoms with E-state index in [4.69, 9.17) is 10.5 Å². The molecule has 0 aliphatic rings.